The van der Waals surface area contributed by atoms with Crippen LogP contribution in [0.2, 0.25) is 0 Å². The first kappa shape index (κ1) is 41.7. The molecule has 1 aliphatic heterocycles. The molecule has 3 unspecified atom stereocenters. The van der Waals surface area contributed by atoms with Crippen molar-refractivity contribution in [2.75, 3.05) is 0 Å². The first-order chi connectivity index (χ1) is 33.0. The van der Waals surface area contributed by atoms with Crippen LogP contribution in [-0.4, -0.2) is 16.5 Å². The minimum absolute atomic E-state index is 0.000523. The van der Waals surface area contributed by atoms with E-state index in [0.29, 0.717) is 0 Å². The Kier molecular flexibility index (Phi) is 11.1. The molecule has 0 N–H and O–H groups in total. The molecule has 320 valence electrons. The van der Waals surface area contributed by atoms with E-state index in [1.807, 2.05) is 78.1 Å². The van der Waals surface area contributed by atoms with E-state index in [1.165, 1.54) is 69.6 Å². The van der Waals surface area contributed by atoms with E-state index in [-0.39, 0.29) is 12.0 Å². The smallest absolute Gasteiger partial charge is 0.0817 e. The normalized spacial score (nSPS) is 22.4. The van der Waals surface area contributed by atoms with Gasteiger partial charge in [0, 0.05) is 31.7 Å². The molecule has 6 aromatic carbocycles. The van der Waals surface area contributed by atoms with Gasteiger partial charge in [0.1, 0.15) is 0 Å². The molecule has 0 spiro atoms. The van der Waals surface area contributed by atoms with Gasteiger partial charge in [-0.15, -0.1) is 17.1 Å². The van der Waals surface area contributed by atoms with E-state index in [0.717, 1.165) is 28.0 Å². The minimum atomic E-state index is -0.411. The summed E-state index contributed by atoms with van der Waals surface area (Å²) < 4.78 is 2.64. The van der Waals surface area contributed by atoms with E-state index in [9.17, 15) is 0 Å². The van der Waals surface area contributed by atoms with E-state index >= 15 is 0 Å². The number of nitrogens with zero attached hydrogens (tertiary/aromatic N) is 1. The molecule has 3 atom stereocenters. The van der Waals surface area contributed by atoms with E-state index < -0.39 is 5.54 Å². The highest BCUT2D eigenvalue weighted by molar-refractivity contribution is 7.26. The van der Waals surface area contributed by atoms with Crippen LogP contribution in [-0.2, 0) is 0 Å². The molecule has 7 aromatic rings. The van der Waals surface area contributed by atoms with Crippen LogP contribution in [0, 0.1) is 12.8 Å². The van der Waals surface area contributed by atoms with E-state index in [2.05, 4.69) is 207 Å². The van der Waals surface area contributed by atoms with Gasteiger partial charge in [-0.1, -0.05) is 213 Å². The summed E-state index contributed by atoms with van der Waals surface area (Å²) in [7, 11) is 0. The summed E-state index contributed by atoms with van der Waals surface area (Å²) in [5, 5.41) is 7.78. The van der Waals surface area contributed by atoms with Gasteiger partial charge >= 0.3 is 0 Å². The predicted molar refractivity (Wildman–Crippen MR) is 289 cm³/mol. The first-order valence-electron chi connectivity index (χ1n) is 23.1. The van der Waals surface area contributed by atoms with Crippen LogP contribution < -0.4 is 0 Å². The topological polar surface area (TPSA) is 3.24 Å². The molecule has 2 heteroatoms. The molecule has 0 amide bonds. The third-order valence-corrected chi connectivity index (χ3v) is 14.9. The predicted octanol–water partition coefficient (Wildman–Crippen LogP) is 16.8. The second kappa shape index (κ2) is 17.8. The van der Waals surface area contributed by atoms with Gasteiger partial charge in [0.25, 0.3) is 0 Å². The molecule has 4 aliphatic carbocycles. The van der Waals surface area contributed by atoms with Crippen LogP contribution in [0.5, 0.6) is 0 Å². The van der Waals surface area contributed by atoms with Gasteiger partial charge in [-0.05, 0) is 116 Å². The molecule has 1 aromatic heterocycles. The Labute approximate surface area is 397 Å². The summed E-state index contributed by atoms with van der Waals surface area (Å²) >= 11 is 1.89. The van der Waals surface area contributed by atoms with E-state index in [1.54, 1.807) is 0 Å². The first-order valence-corrected chi connectivity index (χ1v) is 23.9. The zero-order valence-corrected chi connectivity index (χ0v) is 38.6. The van der Waals surface area contributed by atoms with Crippen molar-refractivity contribution in [1.29, 1.82) is 0 Å². The molecule has 0 radical (unpaired) electrons. The molecule has 12 rings (SSSR count). The molecule has 67 heavy (non-hydrogen) atoms. The van der Waals surface area contributed by atoms with Crippen LogP contribution in [0.1, 0.15) is 23.6 Å². The van der Waals surface area contributed by atoms with Crippen LogP contribution >= 0.6 is 11.3 Å². The Hall–Kier alpha value is -7.96. The lowest BCUT2D eigenvalue weighted by Crippen LogP contribution is -2.55. The Morgan fingerprint density at radius 3 is 2.06 bits per heavy atom. The standard InChI is InChI=1S/C59H43NS.C6H6/c1-39-18-8-6-4-5-7-9-21-47(39)42-31-33-46-37-44(36-42)55-38-43(50-27-17-28-54-51-24-14-15-29-56(51)61-58(50)54)34-35-59(55,3)60(46)45-20-16-19-41(30-32-45)57-52-25-12-10-22-48(52)40(2)49-23-11-13-26-53(49)57;1-2-4-6-5-3-1/h4-6,8-36,38,45,55H,1H2,2-3H3;1-6H/b6-4-,18-8-,47-21+;. The number of aryl methyl sites for hydroxylation is 1. The molecular formula is C65H49NS. The second-order valence-corrected chi connectivity index (χ2v) is 18.7. The fraction of sp³-hybridized carbons (Fsp3) is 0.0769. The van der Waals surface area contributed by atoms with Crippen molar-refractivity contribution in [2.24, 2.45) is 5.92 Å². The maximum Gasteiger partial charge on any atom is 0.0817 e. The zero-order valence-electron chi connectivity index (χ0n) is 37.7. The van der Waals surface area contributed by atoms with Crippen molar-refractivity contribution < 1.29 is 0 Å². The molecule has 5 aliphatic rings. The number of rotatable bonds is 4. The maximum atomic E-state index is 4.51. The van der Waals surface area contributed by atoms with Gasteiger partial charge in [0.05, 0.1) is 17.3 Å². The fourth-order valence-electron chi connectivity index (χ4n) is 10.4. The van der Waals surface area contributed by atoms with E-state index in [4.69, 9.17) is 0 Å². The highest BCUT2D eigenvalue weighted by Crippen LogP contribution is 2.49. The van der Waals surface area contributed by atoms with Gasteiger partial charge < -0.3 is 4.90 Å². The molecule has 2 bridgehead atoms. The third kappa shape index (κ3) is 7.68. The fourth-order valence-corrected chi connectivity index (χ4v) is 11.6. The van der Waals surface area contributed by atoms with Crippen molar-refractivity contribution in [3.8, 4) is 0 Å². The molecule has 0 saturated carbocycles. The number of allylic oxidation sites excluding steroid dienone is 17. The molecule has 1 nitrogen and oxygen atoms in total. The minimum Gasteiger partial charge on any atom is -0.345 e. The van der Waals surface area contributed by atoms with Gasteiger partial charge in [-0.25, -0.2) is 0 Å². The maximum absolute atomic E-state index is 4.51. The lowest BCUT2D eigenvalue weighted by Gasteiger charge is -2.51. The SMILES string of the molecule is C=C1/C=C\C=C/C=C=C/C=C\1C1=CC2=C=C(C=C1)N(C1C=CC=C(c3c4ccccc4c(C)c4ccccc34)C=C1)C1(C)C=CC(c3cccc4c3sc3ccccc34)=CC21.c1ccccc1. The summed E-state index contributed by atoms with van der Waals surface area (Å²) in [6.07, 6.45) is 40.0. The zero-order chi connectivity index (χ0) is 45.3. The Morgan fingerprint density at radius 1 is 0.597 bits per heavy atom. The third-order valence-electron chi connectivity index (χ3n) is 13.6. The second-order valence-electron chi connectivity index (χ2n) is 17.7. The number of thiophene rings is 1. The largest absolute Gasteiger partial charge is 0.345 e. The molecule has 2 heterocycles. The summed E-state index contributed by atoms with van der Waals surface area (Å²) in [6.45, 7) is 9.17. The lowest BCUT2D eigenvalue weighted by atomic mass is 9.71. The average Bonchev–Trinajstić information content (AvgIpc) is 3.45. The summed E-state index contributed by atoms with van der Waals surface area (Å²) in [6, 6.07) is 45.2. The van der Waals surface area contributed by atoms with Gasteiger partial charge in [0.2, 0.25) is 0 Å². The van der Waals surface area contributed by atoms with Crippen LogP contribution in [0.4, 0.5) is 0 Å². The molecular weight excluding hydrogens is 827 g/mol. The van der Waals surface area contributed by atoms with Gasteiger partial charge in [0.15, 0.2) is 0 Å². The van der Waals surface area contributed by atoms with Crippen LogP contribution in [0.3, 0.4) is 0 Å². The van der Waals surface area contributed by atoms with Crippen LogP contribution in [0.15, 0.2) is 283 Å². The highest BCUT2D eigenvalue weighted by Gasteiger charge is 2.46. The highest BCUT2D eigenvalue weighted by atomic mass is 32.1. The summed E-state index contributed by atoms with van der Waals surface area (Å²) in [5.74, 6) is 0.000523. The molecule has 0 saturated heterocycles. The van der Waals surface area contributed by atoms with Crippen molar-refractivity contribution in [3.63, 3.8) is 0 Å². The Morgan fingerprint density at radius 2 is 1.30 bits per heavy atom. The summed E-state index contributed by atoms with van der Waals surface area (Å²) in [5.41, 5.74) is 18.5. The molecule has 0 fully saturated rings. The number of hydrogen-bond acceptors (Lipinski definition) is 2. The van der Waals surface area contributed by atoms with Crippen molar-refractivity contribution >= 4 is 64.2 Å². The van der Waals surface area contributed by atoms with Crippen molar-refractivity contribution in [2.45, 2.75) is 25.4 Å². The average molecular weight is 876 g/mol. The quantitative estimate of drug-likeness (QED) is 0.126. The van der Waals surface area contributed by atoms with Crippen LogP contribution in [0.25, 0.3) is 52.9 Å². The lowest BCUT2D eigenvalue weighted by molar-refractivity contribution is 0.151. The van der Waals surface area contributed by atoms with Crippen molar-refractivity contribution in [3.05, 3.63) is 299 Å². The Bertz CT molecular complexity index is 3560. The Balaban J connectivity index is 0.000000766. The van der Waals surface area contributed by atoms with Crippen molar-refractivity contribution in [1.82, 2.24) is 4.90 Å². The number of hydrogen-bond donors (Lipinski definition) is 0. The number of benzene rings is 6. The van der Waals surface area contributed by atoms with Gasteiger partial charge in [-0.2, -0.15) is 0 Å². The summed E-state index contributed by atoms with van der Waals surface area (Å²) in [4.78, 5) is 2.58. The van der Waals surface area contributed by atoms with Gasteiger partial charge in [-0.3, -0.25) is 0 Å². The number of fused-ring (bicyclic) bond motifs is 7. The monoisotopic (exact) mass is 875 g/mol.